The van der Waals surface area contributed by atoms with Crippen molar-refractivity contribution < 1.29 is 9.59 Å². The zero-order valence-corrected chi connectivity index (χ0v) is 15.0. The van der Waals surface area contributed by atoms with Crippen molar-refractivity contribution in [3.05, 3.63) is 59.2 Å². The van der Waals surface area contributed by atoms with Crippen molar-refractivity contribution >= 4 is 23.2 Å². The lowest BCUT2D eigenvalue weighted by atomic mass is 9.86. The van der Waals surface area contributed by atoms with Crippen molar-refractivity contribution in [2.24, 2.45) is 0 Å². The largest absolute Gasteiger partial charge is 0.326 e. The SMILES string of the molecule is CCc1ccc(CCC(=O)Nc2ccc3c(c2)C(C)(C)C(=O)N3)cc1. The molecule has 0 saturated heterocycles. The Morgan fingerprint density at radius 1 is 1.08 bits per heavy atom. The van der Waals surface area contributed by atoms with Crippen LogP contribution in [0.2, 0.25) is 0 Å². The molecule has 2 N–H and O–H groups in total. The van der Waals surface area contributed by atoms with E-state index in [1.54, 1.807) is 0 Å². The maximum atomic E-state index is 12.2. The molecule has 130 valence electrons. The molecule has 1 aliphatic rings. The van der Waals surface area contributed by atoms with Crippen LogP contribution in [0.1, 0.15) is 43.9 Å². The number of hydrogen-bond acceptors (Lipinski definition) is 2. The lowest BCUT2D eigenvalue weighted by Gasteiger charge is -2.16. The highest BCUT2D eigenvalue weighted by atomic mass is 16.2. The van der Waals surface area contributed by atoms with E-state index in [-0.39, 0.29) is 11.8 Å². The molecule has 0 aliphatic carbocycles. The van der Waals surface area contributed by atoms with Gasteiger partial charge in [0.2, 0.25) is 11.8 Å². The van der Waals surface area contributed by atoms with Gasteiger partial charge >= 0.3 is 0 Å². The van der Waals surface area contributed by atoms with Gasteiger partial charge in [0.1, 0.15) is 0 Å². The maximum Gasteiger partial charge on any atom is 0.234 e. The number of hydrogen-bond donors (Lipinski definition) is 2. The van der Waals surface area contributed by atoms with Crippen molar-refractivity contribution in [1.82, 2.24) is 0 Å². The van der Waals surface area contributed by atoms with Gasteiger partial charge in [0.15, 0.2) is 0 Å². The van der Waals surface area contributed by atoms with Gasteiger partial charge in [0.05, 0.1) is 5.41 Å². The average Bonchev–Trinajstić information content (AvgIpc) is 2.83. The number of aryl methyl sites for hydroxylation is 2. The van der Waals surface area contributed by atoms with E-state index in [0.29, 0.717) is 12.8 Å². The molecule has 0 bridgehead atoms. The third kappa shape index (κ3) is 3.58. The Bertz CT molecular complexity index is 807. The summed E-state index contributed by atoms with van der Waals surface area (Å²) in [6.45, 7) is 5.91. The molecule has 2 aromatic carbocycles. The first-order chi connectivity index (χ1) is 11.9. The lowest BCUT2D eigenvalue weighted by molar-refractivity contribution is -0.119. The van der Waals surface area contributed by atoms with E-state index in [1.165, 1.54) is 5.56 Å². The fourth-order valence-electron chi connectivity index (χ4n) is 3.07. The molecule has 25 heavy (non-hydrogen) atoms. The molecule has 0 radical (unpaired) electrons. The third-order valence-electron chi connectivity index (χ3n) is 4.86. The van der Waals surface area contributed by atoms with Crippen LogP contribution < -0.4 is 10.6 Å². The summed E-state index contributed by atoms with van der Waals surface area (Å²) in [6.07, 6.45) is 2.17. The fraction of sp³-hybridized carbons (Fsp3) is 0.333. The molecule has 4 heteroatoms. The Kier molecular flexibility index (Phi) is 4.62. The molecule has 1 aliphatic heterocycles. The van der Waals surface area contributed by atoms with Gasteiger partial charge in [-0.1, -0.05) is 31.2 Å². The summed E-state index contributed by atoms with van der Waals surface area (Å²) in [5.74, 6) is -0.0314. The van der Waals surface area contributed by atoms with Gasteiger partial charge in [-0.3, -0.25) is 9.59 Å². The minimum absolute atomic E-state index is 0.0125. The van der Waals surface area contributed by atoms with E-state index in [2.05, 4.69) is 41.8 Å². The van der Waals surface area contributed by atoms with Crippen LogP contribution in [-0.4, -0.2) is 11.8 Å². The van der Waals surface area contributed by atoms with E-state index in [1.807, 2.05) is 32.0 Å². The van der Waals surface area contributed by atoms with Crippen LogP contribution in [-0.2, 0) is 27.8 Å². The number of anilines is 2. The van der Waals surface area contributed by atoms with Crippen LogP contribution in [0.3, 0.4) is 0 Å². The number of nitrogens with one attached hydrogen (secondary N) is 2. The first kappa shape index (κ1) is 17.2. The summed E-state index contributed by atoms with van der Waals surface area (Å²) in [7, 11) is 0. The van der Waals surface area contributed by atoms with Crippen LogP contribution in [0.25, 0.3) is 0 Å². The highest BCUT2D eigenvalue weighted by Crippen LogP contribution is 2.38. The van der Waals surface area contributed by atoms with Gasteiger partial charge in [0, 0.05) is 17.8 Å². The molecule has 0 aromatic heterocycles. The second-order valence-corrected chi connectivity index (χ2v) is 7.06. The summed E-state index contributed by atoms with van der Waals surface area (Å²) >= 11 is 0. The zero-order valence-electron chi connectivity index (χ0n) is 15.0. The molecule has 4 nitrogen and oxygen atoms in total. The smallest absolute Gasteiger partial charge is 0.234 e. The van der Waals surface area contributed by atoms with E-state index < -0.39 is 5.41 Å². The average molecular weight is 336 g/mol. The number of amides is 2. The molecule has 0 fully saturated rings. The Balaban J connectivity index is 1.62. The number of benzene rings is 2. The molecule has 3 rings (SSSR count). The molecule has 2 amide bonds. The van der Waals surface area contributed by atoms with Crippen molar-refractivity contribution in [2.75, 3.05) is 10.6 Å². The van der Waals surface area contributed by atoms with E-state index in [4.69, 9.17) is 0 Å². The Hall–Kier alpha value is -2.62. The van der Waals surface area contributed by atoms with Crippen molar-refractivity contribution in [3.63, 3.8) is 0 Å². The molecule has 1 heterocycles. The van der Waals surface area contributed by atoms with Crippen LogP contribution in [0.5, 0.6) is 0 Å². The molecular formula is C21H24N2O2. The normalized spacial score (nSPS) is 14.8. The Morgan fingerprint density at radius 2 is 1.76 bits per heavy atom. The predicted molar refractivity (Wildman–Crippen MR) is 101 cm³/mol. The minimum atomic E-state index is -0.572. The third-order valence-corrected chi connectivity index (χ3v) is 4.86. The van der Waals surface area contributed by atoms with Crippen LogP contribution >= 0.6 is 0 Å². The maximum absolute atomic E-state index is 12.2. The second kappa shape index (κ2) is 6.71. The van der Waals surface area contributed by atoms with Gasteiger partial charge < -0.3 is 10.6 Å². The van der Waals surface area contributed by atoms with Gasteiger partial charge in [-0.25, -0.2) is 0 Å². The second-order valence-electron chi connectivity index (χ2n) is 7.06. The summed E-state index contributed by atoms with van der Waals surface area (Å²) in [5.41, 5.74) is 4.37. The highest BCUT2D eigenvalue weighted by Gasteiger charge is 2.38. The first-order valence-electron chi connectivity index (χ1n) is 8.74. The van der Waals surface area contributed by atoms with E-state index in [9.17, 15) is 9.59 Å². The summed E-state index contributed by atoms with van der Waals surface area (Å²) in [4.78, 5) is 24.2. The van der Waals surface area contributed by atoms with Crippen LogP contribution in [0.15, 0.2) is 42.5 Å². The van der Waals surface area contributed by atoms with Crippen molar-refractivity contribution in [3.8, 4) is 0 Å². The molecule has 0 unspecified atom stereocenters. The molecule has 0 spiro atoms. The quantitative estimate of drug-likeness (QED) is 0.865. The lowest BCUT2D eigenvalue weighted by Crippen LogP contribution is -2.26. The Morgan fingerprint density at radius 3 is 2.44 bits per heavy atom. The summed E-state index contributed by atoms with van der Waals surface area (Å²) in [5, 5.41) is 5.81. The van der Waals surface area contributed by atoms with Gasteiger partial charge in [0.25, 0.3) is 0 Å². The topological polar surface area (TPSA) is 58.2 Å². The van der Waals surface area contributed by atoms with Crippen LogP contribution in [0.4, 0.5) is 11.4 Å². The number of rotatable bonds is 5. The van der Waals surface area contributed by atoms with Crippen molar-refractivity contribution in [2.45, 2.75) is 45.4 Å². The van der Waals surface area contributed by atoms with Gasteiger partial charge in [-0.05, 0) is 61.6 Å². The number of fused-ring (bicyclic) bond motifs is 1. The van der Waals surface area contributed by atoms with Crippen LogP contribution in [0, 0.1) is 0 Å². The van der Waals surface area contributed by atoms with E-state index in [0.717, 1.165) is 28.9 Å². The summed E-state index contributed by atoms with van der Waals surface area (Å²) in [6, 6.07) is 14.0. The zero-order chi connectivity index (χ0) is 18.0. The van der Waals surface area contributed by atoms with E-state index >= 15 is 0 Å². The Labute approximate surface area is 148 Å². The molecular weight excluding hydrogens is 312 g/mol. The minimum Gasteiger partial charge on any atom is -0.326 e. The fourth-order valence-corrected chi connectivity index (χ4v) is 3.07. The van der Waals surface area contributed by atoms with Crippen molar-refractivity contribution in [1.29, 1.82) is 0 Å². The number of carbonyl (C=O) groups is 2. The van der Waals surface area contributed by atoms with Gasteiger partial charge in [-0.15, -0.1) is 0 Å². The summed E-state index contributed by atoms with van der Waals surface area (Å²) < 4.78 is 0. The first-order valence-corrected chi connectivity index (χ1v) is 8.74. The molecule has 0 atom stereocenters. The van der Waals surface area contributed by atoms with Gasteiger partial charge in [-0.2, -0.15) is 0 Å². The number of carbonyl (C=O) groups excluding carboxylic acids is 2. The highest BCUT2D eigenvalue weighted by molar-refractivity contribution is 6.06. The molecule has 0 saturated carbocycles. The standard InChI is InChI=1S/C21H24N2O2/c1-4-14-5-7-15(8-6-14)9-12-19(24)22-16-10-11-18-17(13-16)21(2,3)20(25)23-18/h5-8,10-11,13H,4,9,12H2,1-3H3,(H,22,24)(H,23,25). The monoisotopic (exact) mass is 336 g/mol. The predicted octanol–water partition coefficient (Wildman–Crippen LogP) is 4.05. The molecule has 2 aromatic rings.